The summed E-state index contributed by atoms with van der Waals surface area (Å²) in [5.74, 6) is -1.28. The fourth-order valence-electron chi connectivity index (χ4n) is 2.42. The number of hydrogen-bond donors (Lipinski definition) is 2. The Bertz CT molecular complexity index is 826. The zero-order chi connectivity index (χ0) is 15.5. The van der Waals surface area contributed by atoms with Crippen LogP contribution in [0.25, 0.3) is 10.9 Å². The van der Waals surface area contributed by atoms with Gasteiger partial charge in [0, 0.05) is 23.6 Å². The molecule has 0 spiro atoms. The highest BCUT2D eigenvalue weighted by Crippen LogP contribution is 2.19. The monoisotopic (exact) mass is 300 g/mol. The summed E-state index contributed by atoms with van der Waals surface area (Å²) in [6, 6.07) is 10.4. The van der Waals surface area contributed by atoms with Crippen LogP contribution < -0.4 is 5.32 Å². The molecule has 2 N–H and O–H groups in total. The lowest BCUT2D eigenvalue weighted by Gasteiger charge is -2.05. The third-order valence-corrected chi connectivity index (χ3v) is 3.53. The first kappa shape index (κ1) is 14.3. The van der Waals surface area contributed by atoms with Crippen molar-refractivity contribution < 1.29 is 13.6 Å². The molecular weight excluding hydrogens is 286 g/mol. The van der Waals surface area contributed by atoms with Crippen LogP contribution in [-0.2, 0) is 6.42 Å². The highest BCUT2D eigenvalue weighted by atomic mass is 19.1. The predicted octanol–water partition coefficient (Wildman–Crippen LogP) is 3.42. The van der Waals surface area contributed by atoms with Crippen molar-refractivity contribution in [2.45, 2.75) is 6.42 Å². The molecular formula is C17H14F2N2O. The Balaban J connectivity index is 1.65. The molecule has 0 aliphatic heterocycles. The number of hydrogen-bond acceptors (Lipinski definition) is 1. The van der Waals surface area contributed by atoms with E-state index < -0.39 is 11.7 Å². The SMILES string of the molecule is O=C(NCCc1c[nH]c2cc(F)ccc12)c1ccccc1F. The highest BCUT2D eigenvalue weighted by Gasteiger charge is 2.10. The zero-order valence-electron chi connectivity index (χ0n) is 11.7. The quantitative estimate of drug-likeness (QED) is 0.762. The zero-order valence-corrected chi connectivity index (χ0v) is 11.7. The Labute approximate surface area is 126 Å². The van der Waals surface area contributed by atoms with E-state index in [1.807, 2.05) is 0 Å². The lowest BCUT2D eigenvalue weighted by Crippen LogP contribution is -2.26. The van der Waals surface area contributed by atoms with Crippen LogP contribution in [0.5, 0.6) is 0 Å². The maximum Gasteiger partial charge on any atom is 0.254 e. The van der Waals surface area contributed by atoms with E-state index in [4.69, 9.17) is 0 Å². The van der Waals surface area contributed by atoms with Crippen molar-refractivity contribution in [3.8, 4) is 0 Å². The summed E-state index contributed by atoms with van der Waals surface area (Å²) in [6.45, 7) is 0.373. The number of nitrogens with one attached hydrogen (secondary N) is 2. The van der Waals surface area contributed by atoms with E-state index in [0.717, 1.165) is 16.5 Å². The molecule has 0 saturated carbocycles. The first-order chi connectivity index (χ1) is 10.6. The largest absolute Gasteiger partial charge is 0.361 e. The summed E-state index contributed by atoms with van der Waals surface area (Å²) >= 11 is 0. The first-order valence-electron chi connectivity index (χ1n) is 6.93. The smallest absolute Gasteiger partial charge is 0.254 e. The molecule has 3 aromatic rings. The van der Waals surface area contributed by atoms with Crippen molar-refractivity contribution in [3.05, 3.63) is 71.4 Å². The standard InChI is InChI=1S/C17H14F2N2O/c18-12-5-6-13-11(10-21-16(13)9-12)7-8-20-17(22)14-3-1-2-4-15(14)19/h1-6,9-10,21H,7-8H2,(H,20,22). The average Bonchev–Trinajstić information content (AvgIpc) is 2.90. The minimum absolute atomic E-state index is 0.0310. The Morgan fingerprint density at radius 2 is 1.95 bits per heavy atom. The molecule has 22 heavy (non-hydrogen) atoms. The minimum Gasteiger partial charge on any atom is -0.361 e. The van der Waals surface area contributed by atoms with Gasteiger partial charge in [0.25, 0.3) is 5.91 Å². The van der Waals surface area contributed by atoms with Gasteiger partial charge in [-0.3, -0.25) is 4.79 Å². The number of fused-ring (bicyclic) bond motifs is 1. The molecule has 0 radical (unpaired) electrons. The van der Waals surface area contributed by atoms with Crippen LogP contribution in [0, 0.1) is 11.6 Å². The Kier molecular flexibility index (Phi) is 3.87. The third-order valence-electron chi connectivity index (χ3n) is 3.53. The number of aromatic nitrogens is 1. The van der Waals surface area contributed by atoms with E-state index >= 15 is 0 Å². The molecule has 0 aliphatic rings. The van der Waals surface area contributed by atoms with Gasteiger partial charge < -0.3 is 10.3 Å². The minimum atomic E-state index is -0.539. The van der Waals surface area contributed by atoms with E-state index in [0.29, 0.717) is 13.0 Å². The Morgan fingerprint density at radius 1 is 1.14 bits per heavy atom. The second-order valence-corrected chi connectivity index (χ2v) is 4.99. The molecule has 0 saturated heterocycles. The van der Waals surface area contributed by atoms with Gasteiger partial charge in [0.1, 0.15) is 11.6 Å². The number of rotatable bonds is 4. The molecule has 1 aromatic heterocycles. The molecule has 0 unspecified atom stereocenters. The van der Waals surface area contributed by atoms with Gasteiger partial charge in [-0.05, 0) is 42.3 Å². The summed E-state index contributed by atoms with van der Waals surface area (Å²) in [5, 5.41) is 3.61. The summed E-state index contributed by atoms with van der Waals surface area (Å²) in [5.41, 5.74) is 1.72. The van der Waals surface area contributed by atoms with Crippen LogP contribution in [0.15, 0.2) is 48.7 Å². The van der Waals surface area contributed by atoms with Gasteiger partial charge >= 0.3 is 0 Å². The van der Waals surface area contributed by atoms with Gasteiger partial charge in [0.15, 0.2) is 0 Å². The molecule has 5 heteroatoms. The molecule has 0 atom stereocenters. The van der Waals surface area contributed by atoms with E-state index in [-0.39, 0.29) is 11.4 Å². The topological polar surface area (TPSA) is 44.9 Å². The number of benzene rings is 2. The van der Waals surface area contributed by atoms with Crippen molar-refractivity contribution in [3.63, 3.8) is 0 Å². The Morgan fingerprint density at radius 3 is 2.77 bits per heavy atom. The Hall–Kier alpha value is -2.69. The van der Waals surface area contributed by atoms with Crippen LogP contribution in [0.4, 0.5) is 8.78 Å². The van der Waals surface area contributed by atoms with Crippen LogP contribution >= 0.6 is 0 Å². The number of halogens is 2. The summed E-state index contributed by atoms with van der Waals surface area (Å²) in [6.07, 6.45) is 2.37. The van der Waals surface area contributed by atoms with Gasteiger partial charge in [0.2, 0.25) is 0 Å². The van der Waals surface area contributed by atoms with E-state index in [9.17, 15) is 13.6 Å². The number of amides is 1. The molecule has 3 rings (SSSR count). The normalized spacial score (nSPS) is 10.8. The van der Waals surface area contributed by atoms with Crippen LogP contribution in [0.2, 0.25) is 0 Å². The fraction of sp³-hybridized carbons (Fsp3) is 0.118. The number of aromatic amines is 1. The summed E-state index contributed by atoms with van der Waals surface area (Å²) in [4.78, 5) is 14.9. The van der Waals surface area contributed by atoms with E-state index in [2.05, 4.69) is 10.3 Å². The van der Waals surface area contributed by atoms with Crippen molar-refractivity contribution in [2.24, 2.45) is 0 Å². The molecule has 0 fully saturated rings. The lowest BCUT2D eigenvalue weighted by molar-refractivity contribution is 0.0950. The fourth-order valence-corrected chi connectivity index (χ4v) is 2.42. The second kappa shape index (κ2) is 5.97. The highest BCUT2D eigenvalue weighted by molar-refractivity contribution is 5.94. The van der Waals surface area contributed by atoms with Crippen LogP contribution in [0.1, 0.15) is 15.9 Å². The summed E-state index contributed by atoms with van der Waals surface area (Å²) < 4.78 is 26.6. The molecule has 1 heterocycles. The lowest BCUT2D eigenvalue weighted by atomic mass is 10.1. The van der Waals surface area contributed by atoms with Gasteiger partial charge in [-0.25, -0.2) is 8.78 Å². The van der Waals surface area contributed by atoms with Gasteiger partial charge in [-0.1, -0.05) is 12.1 Å². The molecule has 112 valence electrons. The maximum absolute atomic E-state index is 13.5. The van der Waals surface area contributed by atoms with Crippen LogP contribution in [0.3, 0.4) is 0 Å². The van der Waals surface area contributed by atoms with Crippen LogP contribution in [-0.4, -0.2) is 17.4 Å². The number of carbonyl (C=O) groups is 1. The van der Waals surface area contributed by atoms with Crippen molar-refractivity contribution in [2.75, 3.05) is 6.54 Å². The predicted molar refractivity (Wildman–Crippen MR) is 80.7 cm³/mol. The molecule has 1 amide bonds. The number of carbonyl (C=O) groups excluding carboxylic acids is 1. The average molecular weight is 300 g/mol. The van der Waals surface area contributed by atoms with Gasteiger partial charge in [-0.15, -0.1) is 0 Å². The summed E-state index contributed by atoms with van der Waals surface area (Å²) in [7, 11) is 0. The van der Waals surface area contributed by atoms with E-state index in [1.165, 1.54) is 30.3 Å². The van der Waals surface area contributed by atoms with Crippen molar-refractivity contribution in [1.29, 1.82) is 0 Å². The third kappa shape index (κ3) is 2.83. The second-order valence-electron chi connectivity index (χ2n) is 4.99. The molecule has 0 bridgehead atoms. The molecule has 2 aromatic carbocycles. The first-order valence-corrected chi connectivity index (χ1v) is 6.93. The van der Waals surface area contributed by atoms with Crippen molar-refractivity contribution in [1.82, 2.24) is 10.3 Å². The molecule has 0 aliphatic carbocycles. The van der Waals surface area contributed by atoms with Gasteiger partial charge in [0.05, 0.1) is 5.56 Å². The maximum atomic E-state index is 13.5. The van der Waals surface area contributed by atoms with Gasteiger partial charge in [-0.2, -0.15) is 0 Å². The van der Waals surface area contributed by atoms with E-state index in [1.54, 1.807) is 18.3 Å². The van der Waals surface area contributed by atoms with Crippen molar-refractivity contribution >= 4 is 16.8 Å². The number of H-pyrrole nitrogens is 1. The molecule has 3 nitrogen and oxygen atoms in total.